The molecule has 0 saturated carbocycles. The Kier molecular flexibility index (Phi) is 2.58. The molecule has 0 spiro atoms. The van der Waals surface area contributed by atoms with Gasteiger partial charge in [-0.3, -0.25) is 0 Å². The van der Waals surface area contributed by atoms with Crippen molar-refractivity contribution in [1.82, 2.24) is 0 Å². The average Bonchev–Trinajstić information content (AvgIpc) is 2.16. The fourth-order valence-corrected chi connectivity index (χ4v) is 2.00. The van der Waals surface area contributed by atoms with Gasteiger partial charge in [0.05, 0.1) is 0 Å². The number of fused-ring (bicyclic) bond motifs is 1. The first kappa shape index (κ1) is 10.7. The van der Waals surface area contributed by atoms with Crippen LogP contribution < -0.4 is 4.74 Å². The molecule has 0 bridgehead atoms. The minimum absolute atomic E-state index is 0.135. The van der Waals surface area contributed by atoms with Crippen molar-refractivity contribution in [2.75, 3.05) is 0 Å². The number of para-hydroxylation sites is 1. The van der Waals surface area contributed by atoms with Crippen LogP contribution in [0.15, 0.2) is 24.3 Å². The van der Waals surface area contributed by atoms with Crippen LogP contribution >= 0.6 is 12.6 Å². The second kappa shape index (κ2) is 3.63. The molecule has 2 atom stereocenters. The van der Waals surface area contributed by atoms with Crippen molar-refractivity contribution in [2.45, 2.75) is 24.0 Å². The lowest BCUT2D eigenvalue weighted by atomic mass is 10.0. The van der Waals surface area contributed by atoms with E-state index in [1.54, 1.807) is 18.2 Å². The van der Waals surface area contributed by atoms with Gasteiger partial charge in [0.15, 0.2) is 6.10 Å². The predicted molar refractivity (Wildman–Crippen MR) is 53.3 cm³/mol. The molecule has 5 heteroatoms. The molecule has 0 radical (unpaired) electrons. The van der Waals surface area contributed by atoms with Crippen LogP contribution in [0.2, 0.25) is 0 Å². The number of alkyl halides is 3. The topological polar surface area (TPSA) is 9.23 Å². The molecule has 1 aromatic rings. The lowest BCUT2D eigenvalue weighted by Crippen LogP contribution is -2.37. The van der Waals surface area contributed by atoms with Crippen molar-refractivity contribution in [1.29, 1.82) is 0 Å². The minimum Gasteiger partial charge on any atom is -0.481 e. The molecule has 0 N–H and O–H groups in total. The molecule has 0 unspecified atom stereocenters. The maximum absolute atomic E-state index is 12.4. The Morgan fingerprint density at radius 3 is 2.60 bits per heavy atom. The molecule has 0 amide bonds. The summed E-state index contributed by atoms with van der Waals surface area (Å²) in [5.74, 6) is 0.283. The van der Waals surface area contributed by atoms with E-state index in [-0.39, 0.29) is 12.2 Å². The van der Waals surface area contributed by atoms with Gasteiger partial charge in [0.2, 0.25) is 0 Å². The first-order valence-corrected chi connectivity index (χ1v) is 5.00. The van der Waals surface area contributed by atoms with Crippen LogP contribution in [0, 0.1) is 0 Å². The van der Waals surface area contributed by atoms with E-state index < -0.39 is 17.5 Å². The molecular formula is C10H9F3OS. The SMILES string of the molecule is FC(F)(F)[C@H]1C[C@H](S)c2ccccc2O1. The highest BCUT2D eigenvalue weighted by Crippen LogP contribution is 2.42. The summed E-state index contributed by atoms with van der Waals surface area (Å²) >= 11 is 4.15. The first-order chi connectivity index (χ1) is 6.98. The molecule has 82 valence electrons. The van der Waals surface area contributed by atoms with E-state index in [1.807, 2.05) is 0 Å². The molecule has 0 aliphatic carbocycles. The van der Waals surface area contributed by atoms with Crippen LogP contribution in [0.1, 0.15) is 17.2 Å². The summed E-state index contributed by atoms with van der Waals surface area (Å²) in [6, 6.07) is 6.69. The quantitative estimate of drug-likeness (QED) is 0.677. The van der Waals surface area contributed by atoms with Gasteiger partial charge in [-0.2, -0.15) is 25.8 Å². The Morgan fingerprint density at radius 2 is 1.93 bits per heavy atom. The zero-order valence-corrected chi connectivity index (χ0v) is 8.55. The maximum atomic E-state index is 12.4. The van der Waals surface area contributed by atoms with Crippen LogP contribution in [0.25, 0.3) is 0 Å². The maximum Gasteiger partial charge on any atom is 0.425 e. The molecule has 0 aromatic heterocycles. The normalized spacial score (nSPS) is 25.6. The molecule has 15 heavy (non-hydrogen) atoms. The van der Waals surface area contributed by atoms with E-state index in [2.05, 4.69) is 12.6 Å². The summed E-state index contributed by atoms with van der Waals surface area (Å²) in [6.07, 6.45) is -6.20. The van der Waals surface area contributed by atoms with Crippen molar-refractivity contribution in [3.8, 4) is 5.75 Å². The molecule has 1 nitrogen and oxygen atoms in total. The van der Waals surface area contributed by atoms with Gasteiger partial charge < -0.3 is 4.74 Å². The summed E-state index contributed by atoms with van der Waals surface area (Å²) in [5, 5.41) is -0.415. The van der Waals surface area contributed by atoms with Gasteiger partial charge in [-0.1, -0.05) is 18.2 Å². The summed E-state index contributed by atoms with van der Waals surface area (Å²) < 4.78 is 42.2. The number of hydrogen-bond donors (Lipinski definition) is 1. The summed E-state index contributed by atoms with van der Waals surface area (Å²) in [4.78, 5) is 0. The Morgan fingerprint density at radius 1 is 1.27 bits per heavy atom. The third-order valence-electron chi connectivity index (χ3n) is 2.35. The van der Waals surface area contributed by atoms with Crippen LogP contribution in [-0.4, -0.2) is 12.3 Å². The van der Waals surface area contributed by atoms with Gasteiger partial charge in [-0.15, -0.1) is 0 Å². The molecule has 2 rings (SSSR count). The second-order valence-corrected chi connectivity index (χ2v) is 4.06. The number of benzene rings is 1. The van der Waals surface area contributed by atoms with Crippen LogP contribution in [0.5, 0.6) is 5.75 Å². The monoisotopic (exact) mass is 234 g/mol. The van der Waals surface area contributed by atoms with Gasteiger partial charge in [-0.25, -0.2) is 0 Å². The number of halogens is 3. The van der Waals surface area contributed by atoms with Crippen molar-refractivity contribution >= 4 is 12.6 Å². The Balaban J connectivity index is 2.30. The molecule has 0 fully saturated rings. The summed E-state index contributed by atoms with van der Waals surface area (Å²) in [7, 11) is 0. The zero-order chi connectivity index (χ0) is 11.1. The first-order valence-electron chi connectivity index (χ1n) is 4.49. The fourth-order valence-electron chi connectivity index (χ4n) is 1.59. The van der Waals surface area contributed by atoms with Crippen LogP contribution in [-0.2, 0) is 0 Å². The minimum atomic E-state index is -4.32. The molecular weight excluding hydrogens is 225 g/mol. The number of thiol groups is 1. The zero-order valence-electron chi connectivity index (χ0n) is 7.66. The van der Waals surface area contributed by atoms with Gasteiger partial charge >= 0.3 is 6.18 Å². The van der Waals surface area contributed by atoms with Gasteiger partial charge in [0.25, 0.3) is 0 Å². The van der Waals surface area contributed by atoms with Crippen LogP contribution in [0.4, 0.5) is 13.2 Å². The highest BCUT2D eigenvalue weighted by Gasteiger charge is 2.45. The van der Waals surface area contributed by atoms with E-state index in [0.717, 1.165) is 5.56 Å². The van der Waals surface area contributed by atoms with E-state index in [0.29, 0.717) is 0 Å². The van der Waals surface area contributed by atoms with Gasteiger partial charge in [0.1, 0.15) is 5.75 Å². The molecule has 1 aliphatic heterocycles. The van der Waals surface area contributed by atoms with E-state index >= 15 is 0 Å². The third kappa shape index (κ3) is 2.07. The standard InChI is InChI=1S/C10H9F3OS/c11-10(12,13)9-5-8(15)6-3-1-2-4-7(6)14-9/h1-4,8-9,15H,5H2/t8-,9+/m0/s1. The van der Waals surface area contributed by atoms with E-state index in [9.17, 15) is 13.2 Å². The largest absolute Gasteiger partial charge is 0.481 e. The summed E-state index contributed by atoms with van der Waals surface area (Å²) in [5.41, 5.74) is 0.723. The van der Waals surface area contributed by atoms with Crippen molar-refractivity contribution < 1.29 is 17.9 Å². The number of rotatable bonds is 0. The predicted octanol–water partition coefficient (Wildman–Crippen LogP) is 3.37. The smallest absolute Gasteiger partial charge is 0.425 e. The highest BCUT2D eigenvalue weighted by atomic mass is 32.1. The number of hydrogen-bond acceptors (Lipinski definition) is 2. The average molecular weight is 234 g/mol. The summed E-state index contributed by atoms with van der Waals surface area (Å²) in [6.45, 7) is 0. The van der Waals surface area contributed by atoms with E-state index in [4.69, 9.17) is 4.74 Å². The van der Waals surface area contributed by atoms with E-state index in [1.165, 1.54) is 6.07 Å². The van der Waals surface area contributed by atoms with Gasteiger partial charge in [0, 0.05) is 17.2 Å². The van der Waals surface area contributed by atoms with Crippen molar-refractivity contribution in [3.05, 3.63) is 29.8 Å². The fraction of sp³-hybridized carbons (Fsp3) is 0.400. The highest BCUT2D eigenvalue weighted by molar-refractivity contribution is 7.80. The van der Waals surface area contributed by atoms with Crippen molar-refractivity contribution in [2.24, 2.45) is 0 Å². The van der Waals surface area contributed by atoms with Crippen LogP contribution in [0.3, 0.4) is 0 Å². The van der Waals surface area contributed by atoms with Crippen molar-refractivity contribution in [3.63, 3.8) is 0 Å². The Hall–Kier alpha value is -0.840. The lowest BCUT2D eigenvalue weighted by Gasteiger charge is -2.30. The second-order valence-electron chi connectivity index (χ2n) is 3.44. The molecule has 1 aromatic carbocycles. The third-order valence-corrected chi connectivity index (χ3v) is 2.84. The Labute approximate surface area is 90.7 Å². The molecule has 0 saturated heterocycles. The molecule has 1 heterocycles. The molecule has 1 aliphatic rings. The van der Waals surface area contributed by atoms with Gasteiger partial charge in [-0.05, 0) is 6.07 Å². The lowest BCUT2D eigenvalue weighted by molar-refractivity contribution is -0.199. The number of ether oxygens (including phenoxy) is 1. The Bertz CT molecular complexity index is 364.